The molecule has 8 heteroatoms. The van der Waals surface area contributed by atoms with Crippen molar-refractivity contribution in [2.24, 2.45) is 0 Å². The molecule has 0 unspecified atom stereocenters. The number of aromatic nitrogens is 3. The molecule has 3 N–H and O–H groups in total. The van der Waals surface area contributed by atoms with Crippen molar-refractivity contribution in [1.82, 2.24) is 13.7 Å². The van der Waals surface area contributed by atoms with Crippen molar-refractivity contribution in [2.75, 3.05) is 11.1 Å². The van der Waals surface area contributed by atoms with Gasteiger partial charge in [0.2, 0.25) is 0 Å². The molecule has 0 bridgehead atoms. The standard InChI is InChI=1S/C13H8ClN5OS/c14-7-2-3-8-12(19-21-18-8)11(7)17-13-16-9-5-6(15)1-4-10(9)20-13/h1-5H,15H2,(H,16,17). The third-order valence-electron chi connectivity index (χ3n) is 3.02. The predicted octanol–water partition coefficient (Wildman–Crippen LogP) is 3.81. The summed E-state index contributed by atoms with van der Waals surface area (Å²) in [5, 5.41) is 3.59. The second-order valence-electron chi connectivity index (χ2n) is 4.43. The number of nitrogens with one attached hydrogen (secondary N) is 1. The van der Waals surface area contributed by atoms with Gasteiger partial charge < -0.3 is 15.5 Å². The van der Waals surface area contributed by atoms with Crippen LogP contribution in [0.15, 0.2) is 34.7 Å². The zero-order chi connectivity index (χ0) is 14.4. The van der Waals surface area contributed by atoms with Crippen LogP contribution in [0.1, 0.15) is 0 Å². The number of anilines is 3. The zero-order valence-corrected chi connectivity index (χ0v) is 12.1. The molecule has 0 saturated heterocycles. The quantitative estimate of drug-likeness (QED) is 0.546. The third kappa shape index (κ3) is 2.07. The maximum Gasteiger partial charge on any atom is 0.300 e. The van der Waals surface area contributed by atoms with Crippen molar-refractivity contribution >= 4 is 62.9 Å². The van der Waals surface area contributed by atoms with Crippen LogP contribution < -0.4 is 11.1 Å². The minimum Gasteiger partial charge on any atom is -0.423 e. The Kier molecular flexibility index (Phi) is 2.69. The largest absolute Gasteiger partial charge is 0.423 e. The van der Waals surface area contributed by atoms with Crippen LogP contribution in [-0.2, 0) is 0 Å². The van der Waals surface area contributed by atoms with Gasteiger partial charge in [0.15, 0.2) is 5.58 Å². The van der Waals surface area contributed by atoms with E-state index in [9.17, 15) is 0 Å². The van der Waals surface area contributed by atoms with Crippen LogP contribution in [0, 0.1) is 0 Å². The van der Waals surface area contributed by atoms with E-state index in [1.54, 1.807) is 24.3 Å². The van der Waals surface area contributed by atoms with Crippen LogP contribution in [0.4, 0.5) is 17.4 Å². The Morgan fingerprint density at radius 3 is 2.95 bits per heavy atom. The highest BCUT2D eigenvalue weighted by atomic mass is 35.5. The van der Waals surface area contributed by atoms with Crippen LogP contribution in [-0.4, -0.2) is 13.7 Å². The maximum absolute atomic E-state index is 6.22. The Morgan fingerprint density at radius 2 is 2.05 bits per heavy atom. The summed E-state index contributed by atoms with van der Waals surface area (Å²) in [7, 11) is 0. The molecule has 0 spiro atoms. The van der Waals surface area contributed by atoms with Gasteiger partial charge in [-0.15, -0.1) is 0 Å². The van der Waals surface area contributed by atoms with E-state index in [-0.39, 0.29) is 0 Å². The lowest BCUT2D eigenvalue weighted by Crippen LogP contribution is -1.92. The number of hydrogen-bond acceptors (Lipinski definition) is 7. The number of fused-ring (bicyclic) bond motifs is 2. The fourth-order valence-corrected chi connectivity index (χ4v) is 2.79. The molecular weight excluding hydrogens is 310 g/mol. The number of rotatable bonds is 2. The van der Waals surface area contributed by atoms with E-state index in [1.165, 1.54) is 0 Å². The van der Waals surface area contributed by atoms with E-state index in [2.05, 4.69) is 19.0 Å². The lowest BCUT2D eigenvalue weighted by Gasteiger charge is -2.04. The lowest BCUT2D eigenvalue weighted by atomic mass is 10.2. The fraction of sp³-hybridized carbons (Fsp3) is 0. The third-order valence-corrected chi connectivity index (χ3v) is 3.88. The molecule has 0 atom stereocenters. The second kappa shape index (κ2) is 4.57. The summed E-state index contributed by atoms with van der Waals surface area (Å²) in [5.74, 6) is 0. The van der Waals surface area contributed by atoms with Crippen LogP contribution in [0.5, 0.6) is 0 Å². The average Bonchev–Trinajstić information content (AvgIpc) is 3.07. The van der Waals surface area contributed by atoms with Crippen LogP contribution in [0.25, 0.3) is 22.1 Å². The molecule has 0 amide bonds. The molecule has 2 aromatic carbocycles. The van der Waals surface area contributed by atoms with Crippen LogP contribution in [0.2, 0.25) is 5.02 Å². The van der Waals surface area contributed by atoms with Crippen LogP contribution >= 0.6 is 23.3 Å². The Morgan fingerprint density at radius 1 is 1.14 bits per heavy atom. The van der Waals surface area contributed by atoms with Crippen molar-refractivity contribution < 1.29 is 4.42 Å². The molecule has 0 aliphatic heterocycles. The SMILES string of the molecule is Nc1ccc2oc(Nc3c(Cl)ccc4nsnc34)nc2c1. The molecule has 0 aliphatic carbocycles. The van der Waals surface area contributed by atoms with Crippen molar-refractivity contribution in [2.45, 2.75) is 0 Å². The summed E-state index contributed by atoms with van der Waals surface area (Å²) in [6, 6.07) is 9.19. The van der Waals surface area contributed by atoms with Gasteiger partial charge >= 0.3 is 0 Å². The first-order valence-electron chi connectivity index (χ1n) is 6.04. The summed E-state index contributed by atoms with van der Waals surface area (Å²) >= 11 is 7.35. The Hall–Kier alpha value is -2.38. The maximum atomic E-state index is 6.22. The lowest BCUT2D eigenvalue weighted by molar-refractivity contribution is 0.623. The molecule has 0 saturated carbocycles. The molecule has 0 fully saturated rings. The van der Waals surface area contributed by atoms with Gasteiger partial charge in [0.25, 0.3) is 6.01 Å². The summed E-state index contributed by atoms with van der Waals surface area (Å²) in [5.41, 5.74) is 9.77. The first kappa shape index (κ1) is 12.4. The van der Waals surface area contributed by atoms with E-state index < -0.39 is 0 Å². The van der Waals surface area contributed by atoms with Gasteiger partial charge in [-0.3, -0.25) is 0 Å². The fourth-order valence-electron chi connectivity index (χ4n) is 2.05. The van der Waals surface area contributed by atoms with E-state index in [0.29, 0.717) is 39.0 Å². The highest BCUT2D eigenvalue weighted by molar-refractivity contribution is 7.00. The number of oxazole rings is 1. The summed E-state index contributed by atoms with van der Waals surface area (Å²) < 4.78 is 14.0. The van der Waals surface area contributed by atoms with Crippen molar-refractivity contribution in [1.29, 1.82) is 0 Å². The van der Waals surface area contributed by atoms with Crippen LogP contribution in [0.3, 0.4) is 0 Å². The van der Waals surface area contributed by atoms with Gasteiger partial charge in [-0.1, -0.05) is 11.6 Å². The number of benzene rings is 2. The molecule has 0 aliphatic rings. The number of nitrogens with zero attached hydrogens (tertiary/aromatic N) is 3. The molecule has 2 heterocycles. The monoisotopic (exact) mass is 317 g/mol. The molecule has 4 rings (SSSR count). The molecule has 2 aromatic heterocycles. The summed E-state index contributed by atoms with van der Waals surface area (Å²) in [6.07, 6.45) is 0. The predicted molar refractivity (Wildman–Crippen MR) is 84.1 cm³/mol. The first-order chi connectivity index (χ1) is 10.2. The Bertz CT molecular complexity index is 964. The number of halogens is 1. The number of nitrogen functional groups attached to an aromatic ring is 1. The van der Waals surface area contributed by atoms with Gasteiger partial charge in [0.1, 0.15) is 16.6 Å². The van der Waals surface area contributed by atoms with Crippen molar-refractivity contribution in [3.63, 3.8) is 0 Å². The number of hydrogen-bond donors (Lipinski definition) is 2. The molecule has 0 radical (unpaired) electrons. The van der Waals surface area contributed by atoms with E-state index in [1.807, 2.05) is 6.07 Å². The van der Waals surface area contributed by atoms with E-state index >= 15 is 0 Å². The van der Waals surface area contributed by atoms with E-state index in [4.69, 9.17) is 21.8 Å². The topological polar surface area (TPSA) is 89.9 Å². The number of nitrogens with two attached hydrogens (primary N) is 1. The molecule has 4 aromatic rings. The van der Waals surface area contributed by atoms with Gasteiger partial charge in [0, 0.05) is 5.69 Å². The van der Waals surface area contributed by atoms with Gasteiger partial charge in [-0.2, -0.15) is 13.7 Å². The normalized spacial score (nSPS) is 11.3. The molecule has 21 heavy (non-hydrogen) atoms. The van der Waals surface area contributed by atoms with Gasteiger partial charge in [-0.05, 0) is 30.3 Å². The first-order valence-corrected chi connectivity index (χ1v) is 7.15. The molecule has 6 nitrogen and oxygen atoms in total. The van der Waals surface area contributed by atoms with Gasteiger partial charge in [-0.25, -0.2) is 0 Å². The highest BCUT2D eigenvalue weighted by Gasteiger charge is 2.13. The van der Waals surface area contributed by atoms with Gasteiger partial charge in [0.05, 0.1) is 22.4 Å². The molecule has 104 valence electrons. The Balaban J connectivity index is 1.82. The second-order valence-corrected chi connectivity index (χ2v) is 5.36. The van der Waals surface area contributed by atoms with Crippen molar-refractivity contribution in [3.8, 4) is 0 Å². The average molecular weight is 318 g/mol. The minimum absolute atomic E-state index is 0.331. The molecular formula is C13H8ClN5OS. The van der Waals surface area contributed by atoms with E-state index in [0.717, 1.165) is 17.2 Å². The minimum atomic E-state index is 0.331. The smallest absolute Gasteiger partial charge is 0.300 e. The Labute approximate surface area is 127 Å². The zero-order valence-electron chi connectivity index (χ0n) is 10.5. The summed E-state index contributed by atoms with van der Waals surface area (Å²) in [6.45, 7) is 0. The van der Waals surface area contributed by atoms with Crippen molar-refractivity contribution in [3.05, 3.63) is 35.4 Å². The highest BCUT2D eigenvalue weighted by Crippen LogP contribution is 2.33. The summed E-state index contributed by atoms with van der Waals surface area (Å²) in [4.78, 5) is 4.34.